The summed E-state index contributed by atoms with van der Waals surface area (Å²) >= 11 is 0. The second kappa shape index (κ2) is 33.4. The van der Waals surface area contributed by atoms with E-state index in [0.717, 1.165) is 32.1 Å². The molecule has 0 bridgehead atoms. The highest BCUT2D eigenvalue weighted by molar-refractivity contribution is 5.90. The number of aliphatic hydroxyl groups is 12. The van der Waals surface area contributed by atoms with Gasteiger partial charge in [0, 0.05) is 26.0 Å². The summed E-state index contributed by atoms with van der Waals surface area (Å²) in [5.74, 6) is -9.43. The van der Waals surface area contributed by atoms with Gasteiger partial charge in [0.2, 0.25) is 5.79 Å². The lowest BCUT2D eigenvalue weighted by molar-refractivity contribution is -0.423. The second-order valence-corrected chi connectivity index (χ2v) is 22.4. The molecular weight excluding hydrogens is 1290 g/mol. The summed E-state index contributed by atoms with van der Waals surface area (Å²) in [5, 5.41) is 154. The molecule has 5 aliphatic rings. The van der Waals surface area contributed by atoms with Crippen molar-refractivity contribution in [1.29, 1.82) is 0 Å². The molecule has 0 radical (unpaired) electrons. The molecule has 24 atom stereocenters. The summed E-state index contributed by atoms with van der Waals surface area (Å²) in [4.78, 5) is 67.7. The summed E-state index contributed by atoms with van der Waals surface area (Å²) in [7, 11) is 2.54. The molecule has 3 aromatic carbocycles. The number of carbonyl (C=O) groups is 5. The van der Waals surface area contributed by atoms with Crippen LogP contribution in [-0.4, -0.2) is 302 Å². The Labute approximate surface area is 545 Å². The SMILES string of the molecule is COc1ccc(C=CC(=O)OCC2(OC3OC(COC(C)=O)C(OC(=O)C=Cc4ccc(O)c(OC)c4)C(OC4OC(COC(C)=O)C(OC5OC(CO)C(O)C(O)C5O)C(O)C4O)C3OC3OC(CO)C(O)C(O)C3O)OC(CO)C(O)C2OC(=O)c2ccccc2)cc1O. The molecule has 35 nitrogen and oxygen atoms in total. The summed E-state index contributed by atoms with van der Waals surface area (Å²) < 4.78 is 94.1. The van der Waals surface area contributed by atoms with Crippen LogP contribution in [0.1, 0.15) is 35.3 Å². The number of benzene rings is 3. The molecule has 3 aromatic rings. The van der Waals surface area contributed by atoms with Gasteiger partial charge in [-0.25, -0.2) is 14.4 Å². The average Bonchev–Trinajstić information content (AvgIpc) is 1.42. The number of methoxy groups -OCH3 is 2. The van der Waals surface area contributed by atoms with E-state index in [1.807, 2.05) is 0 Å². The van der Waals surface area contributed by atoms with Crippen molar-refractivity contribution >= 4 is 42.0 Å². The molecule has 0 amide bonds. The molecule has 0 aliphatic carbocycles. The van der Waals surface area contributed by atoms with Crippen LogP contribution in [0.3, 0.4) is 0 Å². The van der Waals surface area contributed by atoms with E-state index in [1.54, 1.807) is 6.07 Å². The number of hydrogen-bond donors (Lipinski definition) is 14. The van der Waals surface area contributed by atoms with E-state index in [-0.39, 0.29) is 39.7 Å². The van der Waals surface area contributed by atoms with Crippen LogP contribution >= 0.6 is 0 Å². The quantitative estimate of drug-likeness (QED) is 0.0203. The minimum Gasteiger partial charge on any atom is -0.504 e. The second-order valence-electron chi connectivity index (χ2n) is 22.4. The number of esters is 5. The van der Waals surface area contributed by atoms with Crippen molar-refractivity contribution in [2.45, 2.75) is 161 Å². The van der Waals surface area contributed by atoms with Gasteiger partial charge in [-0.15, -0.1) is 0 Å². The molecule has 8 rings (SSSR count). The number of rotatable bonds is 26. The third-order valence-electron chi connectivity index (χ3n) is 15.8. The largest absolute Gasteiger partial charge is 0.504 e. The minimum atomic E-state index is -3.03. The molecule has 35 heteroatoms. The fraction of sp³-hybridized carbons (Fsp3) is 0.557. The molecular formula is C61H76O35. The minimum absolute atomic E-state index is 0.0405. The van der Waals surface area contributed by atoms with Crippen molar-refractivity contribution in [3.63, 3.8) is 0 Å². The zero-order chi connectivity index (χ0) is 69.9. The molecule has 0 saturated carbocycles. The number of ether oxygens (including phenoxy) is 16. The van der Waals surface area contributed by atoms with Gasteiger partial charge in [-0.05, 0) is 59.7 Å². The molecule has 0 aromatic heterocycles. The lowest BCUT2D eigenvalue weighted by Crippen LogP contribution is -2.69. The van der Waals surface area contributed by atoms with Crippen LogP contribution in [0, 0.1) is 0 Å². The van der Waals surface area contributed by atoms with E-state index >= 15 is 0 Å². The zero-order valence-corrected chi connectivity index (χ0v) is 51.5. The molecule has 24 unspecified atom stereocenters. The molecule has 5 fully saturated rings. The van der Waals surface area contributed by atoms with Crippen LogP contribution in [0.25, 0.3) is 12.2 Å². The smallest absolute Gasteiger partial charge is 0.338 e. The molecule has 96 heavy (non-hydrogen) atoms. The topological polar surface area (TPSA) is 516 Å². The van der Waals surface area contributed by atoms with Crippen LogP contribution < -0.4 is 9.47 Å². The van der Waals surface area contributed by atoms with Gasteiger partial charge in [-0.2, -0.15) is 0 Å². The van der Waals surface area contributed by atoms with Crippen molar-refractivity contribution in [3.8, 4) is 23.0 Å². The monoisotopic (exact) mass is 1370 g/mol. The van der Waals surface area contributed by atoms with Gasteiger partial charge in [0.15, 0.2) is 60.4 Å². The number of phenols is 2. The Bertz CT molecular complexity index is 3150. The van der Waals surface area contributed by atoms with Gasteiger partial charge < -0.3 is 147 Å². The molecule has 5 saturated heterocycles. The molecule has 5 aliphatic heterocycles. The number of hydrogen-bond acceptors (Lipinski definition) is 35. The molecule has 530 valence electrons. The predicted molar refractivity (Wildman–Crippen MR) is 310 cm³/mol. The van der Waals surface area contributed by atoms with Gasteiger partial charge in [0.05, 0.1) is 39.6 Å². The van der Waals surface area contributed by atoms with Crippen molar-refractivity contribution in [1.82, 2.24) is 0 Å². The predicted octanol–water partition coefficient (Wildman–Crippen LogP) is -4.96. The lowest BCUT2D eigenvalue weighted by Gasteiger charge is -2.51. The number of phenolic OH excluding ortho intramolecular Hbond substituents is 2. The van der Waals surface area contributed by atoms with E-state index in [9.17, 15) is 95.5 Å². The van der Waals surface area contributed by atoms with Crippen molar-refractivity contribution in [3.05, 3.63) is 95.6 Å². The van der Waals surface area contributed by atoms with E-state index in [0.29, 0.717) is 0 Å². The van der Waals surface area contributed by atoms with Gasteiger partial charge >= 0.3 is 29.8 Å². The first-order chi connectivity index (χ1) is 45.7. The summed E-state index contributed by atoms with van der Waals surface area (Å²) in [6.45, 7) is -4.53. The van der Waals surface area contributed by atoms with Crippen molar-refractivity contribution in [2.75, 3.05) is 53.9 Å². The van der Waals surface area contributed by atoms with Crippen LogP contribution in [0.2, 0.25) is 0 Å². The first kappa shape index (κ1) is 74.6. The Morgan fingerprint density at radius 2 is 0.979 bits per heavy atom. The van der Waals surface area contributed by atoms with E-state index in [4.69, 9.17) is 75.8 Å². The fourth-order valence-electron chi connectivity index (χ4n) is 10.8. The summed E-state index contributed by atoms with van der Waals surface area (Å²) in [5.41, 5.74) is 0.262. The maximum absolute atomic E-state index is 14.4. The first-order valence-electron chi connectivity index (χ1n) is 29.6. The highest BCUT2D eigenvalue weighted by Gasteiger charge is 2.64. The third-order valence-corrected chi connectivity index (χ3v) is 15.8. The lowest BCUT2D eigenvalue weighted by atomic mass is 9.95. The Hall–Kier alpha value is -7.15. The van der Waals surface area contributed by atoms with E-state index in [2.05, 4.69) is 0 Å². The van der Waals surface area contributed by atoms with Crippen molar-refractivity contribution in [2.24, 2.45) is 0 Å². The van der Waals surface area contributed by atoms with E-state index in [1.165, 1.54) is 81.0 Å². The van der Waals surface area contributed by atoms with Crippen molar-refractivity contribution < 1.29 is 171 Å². The highest BCUT2D eigenvalue weighted by atomic mass is 16.8. The van der Waals surface area contributed by atoms with Crippen LogP contribution in [-0.2, 0) is 85.5 Å². The summed E-state index contributed by atoms with van der Waals surface area (Å²) in [6.07, 6.45) is -45.7. The van der Waals surface area contributed by atoms with Gasteiger partial charge in [-0.1, -0.05) is 30.3 Å². The van der Waals surface area contributed by atoms with Crippen LogP contribution in [0.15, 0.2) is 78.9 Å². The van der Waals surface area contributed by atoms with Gasteiger partial charge in [0.1, 0.15) is 124 Å². The number of carbonyl (C=O) groups excluding carboxylic acids is 5. The number of aliphatic hydroxyl groups excluding tert-OH is 12. The first-order valence-corrected chi connectivity index (χ1v) is 29.6. The normalized spacial score (nSPS) is 35.4. The Morgan fingerprint density at radius 3 is 1.53 bits per heavy atom. The Balaban J connectivity index is 1.29. The maximum atomic E-state index is 14.4. The summed E-state index contributed by atoms with van der Waals surface area (Å²) in [6, 6.07) is 14.9. The highest BCUT2D eigenvalue weighted by Crippen LogP contribution is 2.43. The van der Waals surface area contributed by atoms with Crippen LogP contribution in [0.5, 0.6) is 23.0 Å². The Kier molecular flexibility index (Phi) is 26.0. The average molecular weight is 1370 g/mol. The standard InChI is InChI=1S/C61H76O35/c1-26(65)83-23-38-51(91-57-48(77)45(74)42(71)35(20-62)86-57)47(76)50(79)59(88-38)92-53-52(90-41(70)17-13-29-10-14-31(67)34(19-29)82-4)39(24-84-27(2)66)89-60(54(53)93-58-49(78)46(75)43(72)36(21-63)87-58)96-61(25-85-40(69)16-12-28-11-15-33(81-3)32(68)18-28)55(44(73)37(22-64)95-61)94-56(80)30-8-6-5-7-9-30/h5-19,35-39,42-55,57-60,62-64,67-68,71-79H,20-25H2,1-4H3. The molecule has 14 N–H and O–H groups in total. The zero-order valence-electron chi connectivity index (χ0n) is 51.5. The van der Waals surface area contributed by atoms with Gasteiger partial charge in [0.25, 0.3) is 0 Å². The number of aromatic hydroxyl groups is 2. The molecule has 5 heterocycles. The molecule has 0 spiro atoms. The maximum Gasteiger partial charge on any atom is 0.338 e. The van der Waals surface area contributed by atoms with E-state index < -0.39 is 216 Å². The Morgan fingerprint density at radius 1 is 0.479 bits per heavy atom. The van der Waals surface area contributed by atoms with Gasteiger partial charge in [-0.3, -0.25) is 9.59 Å². The third kappa shape index (κ3) is 17.6. The van der Waals surface area contributed by atoms with Crippen LogP contribution in [0.4, 0.5) is 0 Å². The fourth-order valence-corrected chi connectivity index (χ4v) is 10.8.